The summed E-state index contributed by atoms with van der Waals surface area (Å²) in [6.07, 6.45) is -1.16. The van der Waals surface area contributed by atoms with Crippen molar-refractivity contribution in [1.82, 2.24) is 4.72 Å². The topological polar surface area (TPSA) is 86.6 Å². The first-order chi connectivity index (χ1) is 7.86. The van der Waals surface area contributed by atoms with Crippen LogP contribution in [0.1, 0.15) is 5.56 Å². The molecule has 1 aromatic carbocycles. The first kappa shape index (κ1) is 14.0. The van der Waals surface area contributed by atoms with Gasteiger partial charge in [0.05, 0.1) is 17.6 Å². The molecule has 0 bridgehead atoms. The number of aliphatic hydroxyl groups excluding tert-OH is 2. The number of halogens is 1. The van der Waals surface area contributed by atoms with Gasteiger partial charge in [-0.1, -0.05) is 0 Å². The average molecular weight is 263 g/mol. The number of sulfonamides is 1. The van der Waals surface area contributed by atoms with Gasteiger partial charge in [-0.25, -0.2) is 17.5 Å². The highest BCUT2D eigenvalue weighted by molar-refractivity contribution is 7.89. The van der Waals surface area contributed by atoms with Crippen molar-refractivity contribution in [1.29, 1.82) is 0 Å². The highest BCUT2D eigenvalue weighted by Crippen LogP contribution is 2.15. The van der Waals surface area contributed by atoms with Crippen LogP contribution in [0, 0.1) is 12.7 Å². The van der Waals surface area contributed by atoms with Crippen LogP contribution in [-0.4, -0.2) is 37.9 Å². The fourth-order valence-electron chi connectivity index (χ4n) is 1.26. The Bertz CT molecular complexity index is 489. The molecule has 0 saturated carbocycles. The summed E-state index contributed by atoms with van der Waals surface area (Å²) < 4.78 is 38.5. The lowest BCUT2D eigenvalue weighted by atomic mass is 10.2. The maximum atomic E-state index is 12.8. The number of benzene rings is 1. The van der Waals surface area contributed by atoms with Crippen LogP contribution in [0.3, 0.4) is 0 Å². The van der Waals surface area contributed by atoms with Gasteiger partial charge >= 0.3 is 0 Å². The predicted molar refractivity (Wildman–Crippen MR) is 59.4 cm³/mol. The molecular formula is C10H14FNO4S. The Morgan fingerprint density at radius 2 is 2.12 bits per heavy atom. The molecule has 96 valence electrons. The maximum absolute atomic E-state index is 12.8. The zero-order valence-electron chi connectivity index (χ0n) is 9.22. The lowest BCUT2D eigenvalue weighted by Gasteiger charge is -2.11. The molecule has 1 atom stereocenters. The third-order valence-electron chi connectivity index (χ3n) is 2.15. The number of rotatable bonds is 5. The first-order valence-electron chi connectivity index (χ1n) is 4.91. The summed E-state index contributed by atoms with van der Waals surface area (Å²) in [5.74, 6) is -0.517. The van der Waals surface area contributed by atoms with Gasteiger partial charge in [-0.05, 0) is 30.7 Å². The molecule has 0 spiro atoms. The monoisotopic (exact) mass is 263 g/mol. The largest absolute Gasteiger partial charge is 0.394 e. The molecule has 3 N–H and O–H groups in total. The van der Waals surface area contributed by atoms with Gasteiger partial charge in [0.15, 0.2) is 0 Å². The van der Waals surface area contributed by atoms with E-state index in [4.69, 9.17) is 10.2 Å². The summed E-state index contributed by atoms with van der Waals surface area (Å²) in [6, 6.07) is 3.30. The van der Waals surface area contributed by atoms with E-state index in [1.54, 1.807) is 0 Å². The fourth-order valence-corrected chi connectivity index (χ4v) is 2.56. The minimum absolute atomic E-state index is 0.0518. The zero-order chi connectivity index (χ0) is 13.1. The second kappa shape index (κ2) is 5.54. The van der Waals surface area contributed by atoms with Gasteiger partial charge in [0.2, 0.25) is 10.0 Å². The van der Waals surface area contributed by atoms with Crippen LogP contribution < -0.4 is 4.72 Å². The SMILES string of the molecule is Cc1cc(F)ccc1S(=O)(=O)NCC(O)CO. The summed E-state index contributed by atoms with van der Waals surface area (Å²) in [5, 5.41) is 17.6. The second-order valence-corrected chi connectivity index (χ2v) is 5.33. The summed E-state index contributed by atoms with van der Waals surface area (Å²) in [4.78, 5) is -0.0518. The van der Waals surface area contributed by atoms with Crippen LogP contribution in [-0.2, 0) is 10.0 Å². The highest BCUT2D eigenvalue weighted by Gasteiger charge is 2.18. The van der Waals surface area contributed by atoms with Crippen molar-refractivity contribution in [2.45, 2.75) is 17.9 Å². The Hall–Kier alpha value is -1.02. The number of aryl methyl sites for hydroxylation is 1. The lowest BCUT2D eigenvalue weighted by Crippen LogP contribution is -2.34. The standard InChI is InChI=1S/C10H14FNO4S/c1-7-4-8(11)2-3-10(7)17(15,16)12-5-9(14)6-13/h2-4,9,12-14H,5-6H2,1H3. The molecule has 0 aliphatic rings. The number of hydrogen-bond donors (Lipinski definition) is 3. The van der Waals surface area contributed by atoms with E-state index in [9.17, 15) is 12.8 Å². The molecule has 7 heteroatoms. The summed E-state index contributed by atoms with van der Waals surface area (Å²) >= 11 is 0. The van der Waals surface area contributed by atoms with E-state index < -0.39 is 28.6 Å². The van der Waals surface area contributed by atoms with Crippen molar-refractivity contribution in [3.05, 3.63) is 29.6 Å². The molecule has 5 nitrogen and oxygen atoms in total. The Balaban J connectivity index is 2.90. The molecule has 0 aliphatic heterocycles. The predicted octanol–water partition coefficient (Wildman–Crippen LogP) is -0.234. The van der Waals surface area contributed by atoms with Crippen LogP contribution in [0.2, 0.25) is 0 Å². The van der Waals surface area contributed by atoms with E-state index in [2.05, 4.69) is 4.72 Å². The van der Waals surface area contributed by atoms with Crippen molar-refractivity contribution in [2.24, 2.45) is 0 Å². The molecule has 17 heavy (non-hydrogen) atoms. The van der Waals surface area contributed by atoms with Crippen molar-refractivity contribution in [3.8, 4) is 0 Å². The van der Waals surface area contributed by atoms with Crippen LogP contribution >= 0.6 is 0 Å². The molecule has 0 amide bonds. The molecule has 0 fully saturated rings. The van der Waals surface area contributed by atoms with Gasteiger partial charge in [0.25, 0.3) is 0 Å². The molecular weight excluding hydrogens is 249 g/mol. The molecule has 1 rings (SSSR count). The fraction of sp³-hybridized carbons (Fsp3) is 0.400. The van der Waals surface area contributed by atoms with Crippen molar-refractivity contribution in [3.63, 3.8) is 0 Å². The van der Waals surface area contributed by atoms with Crippen molar-refractivity contribution in [2.75, 3.05) is 13.2 Å². The zero-order valence-corrected chi connectivity index (χ0v) is 10.0. The van der Waals surface area contributed by atoms with Gasteiger partial charge in [0, 0.05) is 6.54 Å². The first-order valence-corrected chi connectivity index (χ1v) is 6.40. The molecule has 0 aliphatic carbocycles. The minimum atomic E-state index is -3.80. The lowest BCUT2D eigenvalue weighted by molar-refractivity contribution is 0.0988. The third kappa shape index (κ3) is 3.74. The van der Waals surface area contributed by atoms with E-state index in [1.165, 1.54) is 6.92 Å². The van der Waals surface area contributed by atoms with E-state index in [0.29, 0.717) is 0 Å². The smallest absolute Gasteiger partial charge is 0.240 e. The average Bonchev–Trinajstić information content (AvgIpc) is 2.25. The van der Waals surface area contributed by atoms with Crippen LogP contribution in [0.25, 0.3) is 0 Å². The van der Waals surface area contributed by atoms with E-state index >= 15 is 0 Å². The van der Waals surface area contributed by atoms with Crippen LogP contribution in [0.15, 0.2) is 23.1 Å². The summed E-state index contributed by atoms with van der Waals surface area (Å²) in [5.41, 5.74) is 0.274. The molecule has 0 heterocycles. The van der Waals surface area contributed by atoms with E-state index in [-0.39, 0.29) is 17.0 Å². The number of nitrogens with one attached hydrogen (secondary N) is 1. The van der Waals surface area contributed by atoms with Gasteiger partial charge < -0.3 is 10.2 Å². The Morgan fingerprint density at radius 3 is 2.65 bits per heavy atom. The summed E-state index contributed by atoms with van der Waals surface area (Å²) in [6.45, 7) is 0.640. The maximum Gasteiger partial charge on any atom is 0.240 e. The molecule has 0 saturated heterocycles. The quantitative estimate of drug-likeness (QED) is 0.684. The number of hydrogen-bond acceptors (Lipinski definition) is 4. The molecule has 1 aromatic rings. The van der Waals surface area contributed by atoms with Gasteiger partial charge in [-0.2, -0.15) is 0 Å². The Kier molecular flexibility index (Phi) is 4.58. The normalized spacial score (nSPS) is 13.6. The minimum Gasteiger partial charge on any atom is -0.394 e. The van der Waals surface area contributed by atoms with E-state index in [0.717, 1.165) is 18.2 Å². The third-order valence-corrected chi connectivity index (χ3v) is 3.73. The van der Waals surface area contributed by atoms with Gasteiger partial charge in [-0.3, -0.25) is 0 Å². The van der Waals surface area contributed by atoms with Crippen LogP contribution in [0.5, 0.6) is 0 Å². The Labute approximate surface area is 99.0 Å². The number of aliphatic hydroxyl groups is 2. The highest BCUT2D eigenvalue weighted by atomic mass is 32.2. The van der Waals surface area contributed by atoms with Crippen molar-refractivity contribution >= 4 is 10.0 Å². The molecule has 0 aromatic heterocycles. The molecule has 1 unspecified atom stereocenters. The summed E-state index contributed by atoms with van der Waals surface area (Å²) in [7, 11) is -3.80. The molecule has 0 radical (unpaired) electrons. The van der Waals surface area contributed by atoms with Crippen molar-refractivity contribution < 1.29 is 23.0 Å². The second-order valence-electron chi connectivity index (χ2n) is 3.60. The Morgan fingerprint density at radius 1 is 1.47 bits per heavy atom. The van der Waals surface area contributed by atoms with Gasteiger partial charge in [-0.15, -0.1) is 0 Å². The van der Waals surface area contributed by atoms with E-state index in [1.807, 2.05) is 0 Å². The van der Waals surface area contributed by atoms with Crippen LogP contribution in [0.4, 0.5) is 4.39 Å². The van der Waals surface area contributed by atoms with Gasteiger partial charge in [0.1, 0.15) is 5.82 Å².